The number of anilines is 1. The molecule has 3 saturated heterocycles. The highest BCUT2D eigenvalue weighted by atomic mass is 19.1. The summed E-state index contributed by atoms with van der Waals surface area (Å²) in [5.41, 5.74) is 8.68. The van der Waals surface area contributed by atoms with Crippen LogP contribution >= 0.6 is 0 Å². The second-order valence-electron chi connectivity index (χ2n) is 9.15. The molecular weight excluding hydrogens is 451 g/mol. The minimum atomic E-state index is -0.411. The van der Waals surface area contributed by atoms with E-state index in [-0.39, 0.29) is 30.9 Å². The number of hydrogen-bond acceptors (Lipinski definition) is 8. The van der Waals surface area contributed by atoms with E-state index in [1.54, 1.807) is 18.2 Å². The SMILES string of the molecule is COc1ccc(CNC(=O)c2cccc(NCC3NNC4C5CCNCC5OCCN34)c2)c(F)c1. The first-order chi connectivity index (χ1) is 17.1. The lowest BCUT2D eigenvalue weighted by Gasteiger charge is -2.36. The quantitative estimate of drug-likeness (QED) is 0.401. The average Bonchev–Trinajstić information content (AvgIpc) is 3.19. The number of carbonyl (C=O) groups is 1. The van der Waals surface area contributed by atoms with Crippen molar-refractivity contribution in [3.63, 3.8) is 0 Å². The number of hydrogen-bond donors (Lipinski definition) is 5. The average molecular weight is 485 g/mol. The molecule has 4 atom stereocenters. The molecule has 0 radical (unpaired) electrons. The number of methoxy groups -OCH3 is 1. The molecule has 4 unspecified atom stereocenters. The highest BCUT2D eigenvalue weighted by molar-refractivity contribution is 5.95. The van der Waals surface area contributed by atoms with Gasteiger partial charge in [0.2, 0.25) is 0 Å². The van der Waals surface area contributed by atoms with Gasteiger partial charge in [-0.2, -0.15) is 0 Å². The van der Waals surface area contributed by atoms with Gasteiger partial charge in [-0.3, -0.25) is 9.69 Å². The predicted octanol–water partition coefficient (Wildman–Crippen LogP) is 1.25. The zero-order valence-electron chi connectivity index (χ0n) is 19.9. The molecule has 1 amide bonds. The fraction of sp³-hybridized carbons (Fsp3) is 0.480. The summed E-state index contributed by atoms with van der Waals surface area (Å²) in [5.74, 6) is 0.216. The Kier molecular flexibility index (Phi) is 7.45. The summed E-state index contributed by atoms with van der Waals surface area (Å²) in [6, 6.07) is 11.9. The molecule has 3 heterocycles. The molecule has 0 aromatic heterocycles. The molecule has 9 nitrogen and oxygen atoms in total. The normalized spacial score (nSPS) is 26.3. The first-order valence-electron chi connectivity index (χ1n) is 12.2. The van der Waals surface area contributed by atoms with Crippen LogP contribution in [0.15, 0.2) is 42.5 Å². The monoisotopic (exact) mass is 484 g/mol. The second kappa shape index (κ2) is 10.9. The molecule has 0 aliphatic carbocycles. The fourth-order valence-electron chi connectivity index (χ4n) is 5.12. The van der Waals surface area contributed by atoms with Gasteiger partial charge in [-0.05, 0) is 37.2 Å². The van der Waals surface area contributed by atoms with E-state index in [0.717, 1.165) is 31.7 Å². The van der Waals surface area contributed by atoms with Gasteiger partial charge >= 0.3 is 0 Å². The Hall–Kier alpha value is -2.76. The van der Waals surface area contributed by atoms with Crippen LogP contribution in [0.1, 0.15) is 22.3 Å². The summed E-state index contributed by atoms with van der Waals surface area (Å²) in [5, 5.41) is 9.67. The van der Waals surface area contributed by atoms with Gasteiger partial charge in [0.15, 0.2) is 0 Å². The molecule has 5 N–H and O–H groups in total. The Bertz CT molecular complexity index is 1040. The van der Waals surface area contributed by atoms with Crippen LogP contribution in [0.5, 0.6) is 5.75 Å². The topological polar surface area (TPSA) is 98.9 Å². The van der Waals surface area contributed by atoms with Crippen molar-refractivity contribution >= 4 is 11.6 Å². The fourth-order valence-corrected chi connectivity index (χ4v) is 5.12. The van der Waals surface area contributed by atoms with Crippen LogP contribution < -0.4 is 31.5 Å². The van der Waals surface area contributed by atoms with E-state index in [1.165, 1.54) is 13.2 Å². The molecule has 5 rings (SSSR count). The summed E-state index contributed by atoms with van der Waals surface area (Å²) in [6.07, 6.45) is 1.67. The Morgan fingerprint density at radius 1 is 1.26 bits per heavy atom. The molecule has 3 aliphatic rings. The second-order valence-corrected chi connectivity index (χ2v) is 9.15. The van der Waals surface area contributed by atoms with Gasteiger partial charge in [-0.25, -0.2) is 15.2 Å². The van der Waals surface area contributed by atoms with Crippen LogP contribution in [-0.2, 0) is 11.3 Å². The lowest BCUT2D eigenvalue weighted by Crippen LogP contribution is -2.52. The smallest absolute Gasteiger partial charge is 0.251 e. The van der Waals surface area contributed by atoms with Crippen LogP contribution in [0.2, 0.25) is 0 Å². The van der Waals surface area contributed by atoms with E-state index in [9.17, 15) is 9.18 Å². The van der Waals surface area contributed by atoms with Gasteiger partial charge in [-0.15, -0.1) is 0 Å². The number of rotatable bonds is 7. The van der Waals surface area contributed by atoms with Crippen LogP contribution in [0, 0.1) is 11.7 Å². The van der Waals surface area contributed by atoms with Crippen molar-refractivity contribution in [2.45, 2.75) is 31.4 Å². The molecule has 3 aliphatic heterocycles. The van der Waals surface area contributed by atoms with Crippen LogP contribution in [0.25, 0.3) is 0 Å². The van der Waals surface area contributed by atoms with E-state index in [2.05, 4.69) is 31.7 Å². The van der Waals surface area contributed by atoms with Crippen molar-refractivity contribution in [3.05, 3.63) is 59.4 Å². The van der Waals surface area contributed by atoms with Gasteiger partial charge < -0.3 is 25.4 Å². The highest BCUT2D eigenvalue weighted by Crippen LogP contribution is 2.28. The van der Waals surface area contributed by atoms with E-state index in [0.29, 0.717) is 35.9 Å². The maximum Gasteiger partial charge on any atom is 0.251 e. The zero-order chi connectivity index (χ0) is 24.2. The maximum atomic E-state index is 14.2. The van der Waals surface area contributed by atoms with E-state index < -0.39 is 5.82 Å². The van der Waals surface area contributed by atoms with Crippen molar-refractivity contribution in [1.82, 2.24) is 26.4 Å². The van der Waals surface area contributed by atoms with Crippen molar-refractivity contribution in [2.75, 3.05) is 45.2 Å². The molecule has 3 fully saturated rings. The summed E-state index contributed by atoms with van der Waals surface area (Å²) in [7, 11) is 1.49. The minimum Gasteiger partial charge on any atom is -0.497 e. The van der Waals surface area contributed by atoms with Crippen LogP contribution in [0.4, 0.5) is 10.1 Å². The molecule has 35 heavy (non-hydrogen) atoms. The third-order valence-corrected chi connectivity index (χ3v) is 7.04. The lowest BCUT2D eigenvalue weighted by atomic mass is 9.91. The molecule has 2 aromatic rings. The molecule has 0 spiro atoms. The summed E-state index contributed by atoms with van der Waals surface area (Å²) in [4.78, 5) is 15.1. The maximum absolute atomic E-state index is 14.2. The zero-order valence-corrected chi connectivity index (χ0v) is 19.9. The number of nitrogens with one attached hydrogen (secondary N) is 5. The Balaban J connectivity index is 1.16. The summed E-state index contributed by atoms with van der Waals surface area (Å²) in [6.45, 7) is 4.25. The standard InChI is InChI=1S/C25H33FN6O3/c1-34-19-6-5-17(21(26)12-19)13-29-25(33)16-3-2-4-18(11-16)28-15-23-30-31-24-20-7-8-27-14-22(20)35-10-9-32(23)24/h2-6,11-12,20,22-24,27-28,30-31H,7-10,13-15H2,1H3,(H,29,33). The third kappa shape index (κ3) is 5.41. The number of nitrogens with zero attached hydrogens (tertiary/aromatic N) is 1. The largest absolute Gasteiger partial charge is 0.497 e. The molecule has 2 aromatic carbocycles. The van der Waals surface area contributed by atoms with Gasteiger partial charge in [-0.1, -0.05) is 12.1 Å². The number of ether oxygens (including phenoxy) is 2. The third-order valence-electron chi connectivity index (χ3n) is 7.04. The van der Waals surface area contributed by atoms with E-state index in [1.807, 2.05) is 18.2 Å². The van der Waals surface area contributed by atoms with Gasteiger partial charge in [0.05, 0.1) is 32.2 Å². The Labute approximate surface area is 204 Å². The molecule has 0 saturated carbocycles. The number of benzene rings is 2. The van der Waals surface area contributed by atoms with Gasteiger partial charge in [0.1, 0.15) is 11.6 Å². The number of halogens is 1. The van der Waals surface area contributed by atoms with E-state index >= 15 is 0 Å². The van der Waals surface area contributed by atoms with Crippen molar-refractivity contribution in [3.8, 4) is 5.75 Å². The Morgan fingerprint density at radius 3 is 3.03 bits per heavy atom. The van der Waals surface area contributed by atoms with Gasteiger partial charge in [0.25, 0.3) is 5.91 Å². The predicted molar refractivity (Wildman–Crippen MR) is 130 cm³/mol. The number of fused-ring (bicyclic) bond motifs is 3. The van der Waals surface area contributed by atoms with Crippen molar-refractivity contribution < 1.29 is 18.7 Å². The number of amides is 1. The van der Waals surface area contributed by atoms with Crippen LogP contribution in [0.3, 0.4) is 0 Å². The Morgan fingerprint density at radius 2 is 2.17 bits per heavy atom. The summed E-state index contributed by atoms with van der Waals surface area (Å²) >= 11 is 0. The lowest BCUT2D eigenvalue weighted by molar-refractivity contribution is 0.00522. The molecule has 10 heteroatoms. The van der Waals surface area contributed by atoms with E-state index in [4.69, 9.17) is 9.47 Å². The van der Waals surface area contributed by atoms with Crippen molar-refractivity contribution in [2.24, 2.45) is 5.92 Å². The number of carbonyl (C=O) groups excluding carboxylic acids is 1. The molecule has 188 valence electrons. The first-order valence-corrected chi connectivity index (χ1v) is 12.2. The van der Waals surface area contributed by atoms with Crippen LogP contribution in [-0.4, -0.2) is 69.1 Å². The number of piperidine rings is 1. The number of hydrazine groups is 1. The highest BCUT2D eigenvalue weighted by Gasteiger charge is 2.43. The molecule has 0 bridgehead atoms. The summed E-state index contributed by atoms with van der Waals surface area (Å²) < 4.78 is 25.3. The van der Waals surface area contributed by atoms with Gasteiger partial charge in [0, 0.05) is 55.0 Å². The van der Waals surface area contributed by atoms with Crippen molar-refractivity contribution in [1.29, 1.82) is 0 Å². The first kappa shape index (κ1) is 24.0. The molecular formula is C25H33FN6O3. The minimum absolute atomic E-state index is 0.0973.